The number of likely N-dealkylation sites (N-methyl/N-ethyl adjacent to an activating group) is 1. The Hall–Kier alpha value is -1.59. The molecule has 1 atom stereocenters. The minimum absolute atomic E-state index is 0.101. The van der Waals surface area contributed by atoms with Gasteiger partial charge in [-0.05, 0) is 31.7 Å². The van der Waals surface area contributed by atoms with E-state index in [4.69, 9.17) is 15.9 Å². The molecule has 1 aromatic rings. The molecule has 3 N–H and O–H groups in total. The molecule has 1 aromatic carbocycles. The second-order valence-corrected chi connectivity index (χ2v) is 5.72. The molecule has 1 unspecified atom stereocenters. The van der Waals surface area contributed by atoms with Gasteiger partial charge in [0.2, 0.25) is 0 Å². The Kier molecular flexibility index (Phi) is 5.20. The standard InChI is InChI=1S/C16H26N4O/c1-4-14-11-20(8-7-19(14)2)10-13-9-12(16(17)18)5-6-15(13)21-3/h5-6,9,14H,4,7-8,10-11H2,1-3H3,(H3,17,18). The fourth-order valence-electron chi connectivity index (χ4n) is 2.91. The summed E-state index contributed by atoms with van der Waals surface area (Å²) in [7, 11) is 3.88. The van der Waals surface area contributed by atoms with E-state index in [1.807, 2.05) is 18.2 Å². The summed E-state index contributed by atoms with van der Waals surface area (Å²) in [4.78, 5) is 4.88. The quantitative estimate of drug-likeness (QED) is 0.637. The molecular formula is C16H26N4O. The van der Waals surface area contributed by atoms with Gasteiger partial charge in [-0.25, -0.2) is 0 Å². The Morgan fingerprint density at radius 3 is 2.81 bits per heavy atom. The average molecular weight is 290 g/mol. The van der Waals surface area contributed by atoms with Gasteiger partial charge in [0.25, 0.3) is 0 Å². The van der Waals surface area contributed by atoms with Crippen LogP contribution in [0.25, 0.3) is 0 Å². The molecule has 0 spiro atoms. The summed E-state index contributed by atoms with van der Waals surface area (Å²) in [5.41, 5.74) is 7.45. The molecule has 0 aliphatic carbocycles. The van der Waals surface area contributed by atoms with Crippen molar-refractivity contribution < 1.29 is 4.74 Å². The molecule has 5 nitrogen and oxygen atoms in total. The summed E-state index contributed by atoms with van der Waals surface area (Å²) in [5.74, 6) is 0.968. The Morgan fingerprint density at radius 2 is 2.19 bits per heavy atom. The van der Waals surface area contributed by atoms with Gasteiger partial charge >= 0.3 is 0 Å². The van der Waals surface area contributed by atoms with E-state index in [0.717, 1.165) is 49.5 Å². The number of nitrogens with two attached hydrogens (primary N) is 1. The van der Waals surface area contributed by atoms with E-state index in [2.05, 4.69) is 23.8 Å². The first-order chi connectivity index (χ1) is 10.0. The summed E-state index contributed by atoms with van der Waals surface area (Å²) >= 11 is 0. The second-order valence-electron chi connectivity index (χ2n) is 5.72. The molecule has 2 rings (SSSR count). The number of hydrogen-bond acceptors (Lipinski definition) is 4. The molecule has 1 heterocycles. The highest BCUT2D eigenvalue weighted by molar-refractivity contribution is 5.95. The summed E-state index contributed by atoms with van der Waals surface area (Å²) in [6.07, 6.45) is 1.16. The van der Waals surface area contributed by atoms with Crippen LogP contribution < -0.4 is 10.5 Å². The summed E-state index contributed by atoms with van der Waals surface area (Å²) < 4.78 is 5.45. The number of piperazine rings is 1. The lowest BCUT2D eigenvalue weighted by atomic mass is 10.1. The highest BCUT2D eigenvalue weighted by Crippen LogP contribution is 2.23. The van der Waals surface area contributed by atoms with Gasteiger partial charge in [-0.3, -0.25) is 10.3 Å². The van der Waals surface area contributed by atoms with Gasteiger partial charge in [-0.1, -0.05) is 6.92 Å². The minimum atomic E-state index is 0.101. The molecular weight excluding hydrogens is 264 g/mol. The number of benzene rings is 1. The van der Waals surface area contributed by atoms with Crippen molar-refractivity contribution in [3.8, 4) is 5.75 Å². The molecule has 0 aromatic heterocycles. The number of amidine groups is 1. The molecule has 0 bridgehead atoms. The topological polar surface area (TPSA) is 65.6 Å². The molecule has 0 saturated carbocycles. The Labute approximate surface area is 127 Å². The van der Waals surface area contributed by atoms with Crippen molar-refractivity contribution in [1.82, 2.24) is 9.80 Å². The van der Waals surface area contributed by atoms with E-state index in [9.17, 15) is 0 Å². The predicted octanol–water partition coefficient (Wildman–Crippen LogP) is 1.51. The van der Waals surface area contributed by atoms with Crippen molar-refractivity contribution in [3.63, 3.8) is 0 Å². The van der Waals surface area contributed by atoms with Crippen molar-refractivity contribution in [2.75, 3.05) is 33.8 Å². The molecule has 116 valence electrons. The van der Waals surface area contributed by atoms with Crippen molar-refractivity contribution in [2.24, 2.45) is 5.73 Å². The molecule has 1 saturated heterocycles. The maximum Gasteiger partial charge on any atom is 0.123 e. The summed E-state index contributed by atoms with van der Waals surface area (Å²) in [5, 5.41) is 7.58. The van der Waals surface area contributed by atoms with Gasteiger partial charge in [-0.15, -0.1) is 0 Å². The van der Waals surface area contributed by atoms with Gasteiger partial charge in [-0.2, -0.15) is 0 Å². The predicted molar refractivity (Wildman–Crippen MR) is 86.0 cm³/mol. The maximum absolute atomic E-state index is 7.58. The average Bonchev–Trinajstić information content (AvgIpc) is 2.49. The number of nitrogens with one attached hydrogen (secondary N) is 1. The van der Waals surface area contributed by atoms with E-state index < -0.39 is 0 Å². The van der Waals surface area contributed by atoms with E-state index in [1.54, 1.807) is 7.11 Å². The van der Waals surface area contributed by atoms with Crippen LogP contribution in [-0.4, -0.2) is 55.5 Å². The second kappa shape index (κ2) is 6.91. The van der Waals surface area contributed by atoms with Crippen molar-refractivity contribution in [1.29, 1.82) is 5.41 Å². The minimum Gasteiger partial charge on any atom is -0.496 e. The van der Waals surface area contributed by atoms with Gasteiger partial charge in [0.1, 0.15) is 11.6 Å². The number of ether oxygens (including phenoxy) is 1. The summed E-state index contributed by atoms with van der Waals surface area (Å²) in [6, 6.07) is 6.32. The van der Waals surface area contributed by atoms with Crippen LogP contribution in [0.1, 0.15) is 24.5 Å². The number of nitrogens with zero attached hydrogens (tertiary/aromatic N) is 2. The third-order valence-electron chi connectivity index (χ3n) is 4.32. The monoisotopic (exact) mass is 290 g/mol. The lowest BCUT2D eigenvalue weighted by Gasteiger charge is -2.39. The first-order valence-corrected chi connectivity index (χ1v) is 7.49. The van der Waals surface area contributed by atoms with E-state index in [1.165, 1.54) is 0 Å². The number of hydrogen-bond donors (Lipinski definition) is 2. The molecule has 0 radical (unpaired) electrons. The van der Waals surface area contributed by atoms with Crippen LogP contribution in [0.2, 0.25) is 0 Å². The molecule has 5 heteroatoms. The first kappa shape index (κ1) is 15.8. The van der Waals surface area contributed by atoms with Gasteiger partial charge < -0.3 is 15.4 Å². The molecule has 0 amide bonds. The molecule has 1 fully saturated rings. The Morgan fingerprint density at radius 1 is 1.43 bits per heavy atom. The highest BCUT2D eigenvalue weighted by Gasteiger charge is 2.23. The van der Waals surface area contributed by atoms with Crippen molar-refractivity contribution in [3.05, 3.63) is 29.3 Å². The van der Waals surface area contributed by atoms with Crippen molar-refractivity contribution in [2.45, 2.75) is 25.9 Å². The van der Waals surface area contributed by atoms with Crippen LogP contribution in [0.15, 0.2) is 18.2 Å². The van der Waals surface area contributed by atoms with E-state index in [0.29, 0.717) is 6.04 Å². The molecule has 1 aliphatic rings. The first-order valence-electron chi connectivity index (χ1n) is 7.49. The van der Waals surface area contributed by atoms with E-state index in [-0.39, 0.29) is 5.84 Å². The normalized spacial score (nSPS) is 20.4. The Bertz CT molecular complexity index is 503. The van der Waals surface area contributed by atoms with Crippen LogP contribution in [0.3, 0.4) is 0 Å². The lowest BCUT2D eigenvalue weighted by molar-refractivity contribution is 0.0878. The molecule has 1 aliphatic heterocycles. The van der Waals surface area contributed by atoms with Crippen LogP contribution in [-0.2, 0) is 6.54 Å². The largest absolute Gasteiger partial charge is 0.496 e. The van der Waals surface area contributed by atoms with Crippen LogP contribution in [0, 0.1) is 5.41 Å². The smallest absolute Gasteiger partial charge is 0.123 e. The van der Waals surface area contributed by atoms with E-state index >= 15 is 0 Å². The van der Waals surface area contributed by atoms with Crippen LogP contribution in [0.4, 0.5) is 0 Å². The zero-order chi connectivity index (χ0) is 15.4. The van der Waals surface area contributed by atoms with Gasteiger partial charge in [0, 0.05) is 43.3 Å². The SMILES string of the molecule is CCC1CN(Cc2cc(C(=N)N)ccc2OC)CCN1C. The van der Waals surface area contributed by atoms with Gasteiger partial charge in [0.05, 0.1) is 7.11 Å². The lowest BCUT2D eigenvalue weighted by Crippen LogP contribution is -2.50. The van der Waals surface area contributed by atoms with Crippen molar-refractivity contribution >= 4 is 5.84 Å². The van der Waals surface area contributed by atoms with Crippen LogP contribution >= 0.6 is 0 Å². The Balaban J connectivity index is 2.14. The zero-order valence-corrected chi connectivity index (χ0v) is 13.2. The number of nitrogen functional groups attached to an aromatic ring is 1. The third kappa shape index (κ3) is 3.74. The number of methoxy groups -OCH3 is 1. The van der Waals surface area contributed by atoms with Crippen LogP contribution in [0.5, 0.6) is 5.75 Å². The molecule has 21 heavy (non-hydrogen) atoms. The zero-order valence-electron chi connectivity index (χ0n) is 13.2. The highest BCUT2D eigenvalue weighted by atomic mass is 16.5. The van der Waals surface area contributed by atoms with Gasteiger partial charge in [0.15, 0.2) is 0 Å². The fourth-order valence-corrected chi connectivity index (χ4v) is 2.91. The number of rotatable bonds is 5. The maximum atomic E-state index is 7.58. The summed E-state index contributed by atoms with van der Waals surface area (Å²) in [6.45, 7) is 6.30. The third-order valence-corrected chi connectivity index (χ3v) is 4.32. The fraction of sp³-hybridized carbons (Fsp3) is 0.562.